The van der Waals surface area contributed by atoms with Crippen LogP contribution in [0.1, 0.15) is 55.4 Å². The zero-order chi connectivity index (χ0) is 19.5. The third-order valence-corrected chi connectivity index (χ3v) is 4.93. The Morgan fingerprint density at radius 3 is 2.19 bits per heavy atom. The van der Waals surface area contributed by atoms with Gasteiger partial charge in [-0.2, -0.15) is 0 Å². The summed E-state index contributed by atoms with van der Waals surface area (Å²) in [5, 5.41) is 6.17. The zero-order valence-corrected chi connectivity index (χ0v) is 17.0. The molecule has 1 heterocycles. The van der Waals surface area contributed by atoms with E-state index in [-0.39, 0.29) is 23.1 Å². The van der Waals surface area contributed by atoms with Crippen molar-refractivity contribution in [2.24, 2.45) is 5.92 Å². The SMILES string of the molecule is Cc1cnc(NC(=O)[C@H](NC(=O)c2ccc(C(C)(C)C)cc2)C(C)C)s1. The number of aromatic nitrogens is 1. The first-order valence-corrected chi connectivity index (χ1v) is 9.54. The maximum Gasteiger partial charge on any atom is 0.251 e. The summed E-state index contributed by atoms with van der Waals surface area (Å²) in [5.74, 6) is -0.558. The Kier molecular flexibility index (Phi) is 6.18. The molecule has 0 aliphatic heterocycles. The van der Waals surface area contributed by atoms with Gasteiger partial charge >= 0.3 is 0 Å². The molecule has 1 aromatic heterocycles. The molecule has 140 valence electrons. The van der Waals surface area contributed by atoms with Crippen LogP contribution in [-0.2, 0) is 10.2 Å². The number of aryl methyl sites for hydroxylation is 1. The van der Waals surface area contributed by atoms with Gasteiger partial charge in [-0.05, 0) is 36.0 Å². The van der Waals surface area contributed by atoms with Crippen LogP contribution in [0.2, 0.25) is 0 Å². The van der Waals surface area contributed by atoms with E-state index in [0.29, 0.717) is 10.7 Å². The van der Waals surface area contributed by atoms with Crippen molar-refractivity contribution in [1.82, 2.24) is 10.3 Å². The summed E-state index contributed by atoms with van der Waals surface area (Å²) in [4.78, 5) is 30.3. The number of benzene rings is 1. The summed E-state index contributed by atoms with van der Waals surface area (Å²) in [6, 6.07) is 6.88. The Labute approximate surface area is 159 Å². The highest BCUT2D eigenvalue weighted by Gasteiger charge is 2.25. The molecule has 0 unspecified atom stereocenters. The maximum absolute atomic E-state index is 12.6. The van der Waals surface area contributed by atoms with Crippen LogP contribution in [-0.4, -0.2) is 22.8 Å². The topological polar surface area (TPSA) is 71.1 Å². The Hall–Kier alpha value is -2.21. The van der Waals surface area contributed by atoms with Gasteiger partial charge in [0.05, 0.1) is 0 Å². The fraction of sp³-hybridized carbons (Fsp3) is 0.450. The van der Waals surface area contributed by atoms with Crippen molar-refractivity contribution in [2.75, 3.05) is 5.32 Å². The van der Waals surface area contributed by atoms with Gasteiger partial charge in [0.25, 0.3) is 5.91 Å². The predicted molar refractivity (Wildman–Crippen MR) is 107 cm³/mol. The van der Waals surface area contributed by atoms with Gasteiger partial charge in [0, 0.05) is 16.6 Å². The Balaban J connectivity index is 2.08. The Morgan fingerprint density at radius 1 is 1.12 bits per heavy atom. The predicted octanol–water partition coefficient (Wildman–Crippen LogP) is 4.14. The molecule has 0 saturated carbocycles. The van der Waals surface area contributed by atoms with E-state index < -0.39 is 6.04 Å². The number of anilines is 1. The molecular formula is C20H27N3O2S. The van der Waals surface area contributed by atoms with E-state index in [1.54, 1.807) is 18.3 Å². The first-order valence-electron chi connectivity index (χ1n) is 8.72. The van der Waals surface area contributed by atoms with Crippen LogP contribution >= 0.6 is 11.3 Å². The molecule has 0 fully saturated rings. The van der Waals surface area contributed by atoms with Gasteiger partial charge in [-0.3, -0.25) is 9.59 Å². The van der Waals surface area contributed by atoms with E-state index in [1.807, 2.05) is 32.9 Å². The van der Waals surface area contributed by atoms with Crippen molar-refractivity contribution >= 4 is 28.3 Å². The highest BCUT2D eigenvalue weighted by molar-refractivity contribution is 7.15. The van der Waals surface area contributed by atoms with Crippen molar-refractivity contribution < 1.29 is 9.59 Å². The molecule has 26 heavy (non-hydrogen) atoms. The number of nitrogens with zero attached hydrogens (tertiary/aromatic N) is 1. The summed E-state index contributed by atoms with van der Waals surface area (Å²) in [6.07, 6.45) is 1.71. The molecule has 2 aromatic rings. The molecule has 2 N–H and O–H groups in total. The van der Waals surface area contributed by atoms with E-state index >= 15 is 0 Å². The van der Waals surface area contributed by atoms with Gasteiger partial charge in [-0.15, -0.1) is 11.3 Å². The van der Waals surface area contributed by atoms with Crippen LogP contribution in [0, 0.1) is 12.8 Å². The van der Waals surface area contributed by atoms with Crippen LogP contribution in [0.3, 0.4) is 0 Å². The normalized spacial score (nSPS) is 12.7. The van der Waals surface area contributed by atoms with E-state index in [2.05, 4.69) is 36.4 Å². The lowest BCUT2D eigenvalue weighted by atomic mass is 9.86. The largest absolute Gasteiger partial charge is 0.340 e. The number of carbonyl (C=O) groups is 2. The molecule has 1 aromatic carbocycles. The molecule has 0 aliphatic rings. The number of nitrogens with one attached hydrogen (secondary N) is 2. The average Bonchev–Trinajstić information content (AvgIpc) is 2.96. The minimum Gasteiger partial charge on any atom is -0.340 e. The highest BCUT2D eigenvalue weighted by Crippen LogP contribution is 2.22. The molecule has 0 radical (unpaired) electrons. The second-order valence-corrected chi connectivity index (χ2v) is 9.02. The van der Waals surface area contributed by atoms with E-state index in [0.717, 1.165) is 10.4 Å². The molecule has 2 amide bonds. The zero-order valence-electron chi connectivity index (χ0n) is 16.2. The van der Waals surface area contributed by atoms with Gasteiger partial charge in [-0.25, -0.2) is 4.98 Å². The van der Waals surface area contributed by atoms with Crippen molar-refractivity contribution in [3.05, 3.63) is 46.5 Å². The van der Waals surface area contributed by atoms with E-state index in [4.69, 9.17) is 0 Å². The van der Waals surface area contributed by atoms with Crippen molar-refractivity contribution in [2.45, 2.75) is 53.0 Å². The van der Waals surface area contributed by atoms with Gasteiger partial charge < -0.3 is 10.6 Å². The third-order valence-electron chi connectivity index (χ3n) is 4.10. The molecule has 5 nitrogen and oxygen atoms in total. The van der Waals surface area contributed by atoms with Crippen LogP contribution in [0.4, 0.5) is 5.13 Å². The number of hydrogen-bond acceptors (Lipinski definition) is 4. The van der Waals surface area contributed by atoms with Crippen LogP contribution in [0.25, 0.3) is 0 Å². The highest BCUT2D eigenvalue weighted by atomic mass is 32.1. The molecule has 6 heteroatoms. The minimum atomic E-state index is -0.631. The molecule has 0 saturated heterocycles. The van der Waals surface area contributed by atoms with E-state index in [1.165, 1.54) is 11.3 Å². The fourth-order valence-electron chi connectivity index (χ4n) is 2.48. The number of rotatable bonds is 5. The lowest BCUT2D eigenvalue weighted by molar-refractivity contribution is -0.118. The van der Waals surface area contributed by atoms with Gasteiger partial charge in [0.15, 0.2) is 5.13 Å². The summed E-state index contributed by atoms with van der Waals surface area (Å²) in [5.41, 5.74) is 1.73. The van der Waals surface area contributed by atoms with Crippen molar-refractivity contribution in [3.63, 3.8) is 0 Å². The van der Waals surface area contributed by atoms with Crippen LogP contribution < -0.4 is 10.6 Å². The molecular weight excluding hydrogens is 346 g/mol. The number of thiazole rings is 1. The first-order chi connectivity index (χ1) is 12.1. The average molecular weight is 374 g/mol. The number of carbonyl (C=O) groups excluding carboxylic acids is 2. The lowest BCUT2D eigenvalue weighted by Gasteiger charge is -2.22. The van der Waals surface area contributed by atoms with Crippen LogP contribution in [0.15, 0.2) is 30.5 Å². The molecule has 2 rings (SSSR count). The number of hydrogen-bond donors (Lipinski definition) is 2. The summed E-state index contributed by atoms with van der Waals surface area (Å²) >= 11 is 1.41. The lowest BCUT2D eigenvalue weighted by Crippen LogP contribution is -2.47. The summed E-state index contributed by atoms with van der Waals surface area (Å²) in [7, 11) is 0. The molecule has 0 bridgehead atoms. The molecule has 0 spiro atoms. The standard InChI is InChI=1S/C20H27N3O2S/c1-12(2)16(18(25)23-19-21-11-13(3)26-19)22-17(24)14-7-9-15(10-8-14)20(4,5)6/h7-12,16H,1-6H3,(H,22,24)(H,21,23,25)/t16-/m1/s1. The monoisotopic (exact) mass is 373 g/mol. The molecule has 1 atom stereocenters. The van der Waals surface area contributed by atoms with Crippen LogP contribution in [0.5, 0.6) is 0 Å². The molecule has 0 aliphatic carbocycles. The summed E-state index contributed by atoms with van der Waals surface area (Å²) < 4.78 is 0. The van der Waals surface area contributed by atoms with Gasteiger partial charge in [0.2, 0.25) is 5.91 Å². The third kappa shape index (κ3) is 5.14. The van der Waals surface area contributed by atoms with Gasteiger partial charge in [-0.1, -0.05) is 46.8 Å². The maximum atomic E-state index is 12.6. The number of amides is 2. The summed E-state index contributed by atoms with van der Waals surface area (Å²) in [6.45, 7) is 12.1. The minimum absolute atomic E-state index is 0.0290. The Bertz CT molecular complexity index is 773. The second-order valence-electron chi connectivity index (χ2n) is 7.79. The smallest absolute Gasteiger partial charge is 0.251 e. The van der Waals surface area contributed by atoms with Crippen molar-refractivity contribution in [3.8, 4) is 0 Å². The fourth-order valence-corrected chi connectivity index (χ4v) is 3.14. The quantitative estimate of drug-likeness (QED) is 0.827. The Morgan fingerprint density at radius 2 is 1.73 bits per heavy atom. The van der Waals surface area contributed by atoms with E-state index in [9.17, 15) is 9.59 Å². The van der Waals surface area contributed by atoms with Gasteiger partial charge in [0.1, 0.15) is 6.04 Å². The van der Waals surface area contributed by atoms with Crippen molar-refractivity contribution in [1.29, 1.82) is 0 Å². The first kappa shape index (κ1) is 20.1. The second kappa shape index (κ2) is 7.99.